The van der Waals surface area contributed by atoms with Gasteiger partial charge in [-0.1, -0.05) is 0 Å². The first kappa shape index (κ1) is 20.3. The highest BCUT2D eigenvalue weighted by Crippen LogP contribution is 2.38. The maximum Gasteiger partial charge on any atom is 0.341 e. The number of anilines is 2. The molecule has 9 heteroatoms. The first-order valence-corrected chi connectivity index (χ1v) is 11.5. The SMILES string of the molecule is COC(=O)c1c(NC(=O)c2ccc(NS(C)(=O)=O)c(C)c2)sc2c1CCCC2. The van der Waals surface area contributed by atoms with Gasteiger partial charge in [0.25, 0.3) is 5.91 Å². The Bertz CT molecular complexity index is 1040. The second-order valence-electron chi connectivity index (χ2n) is 6.76. The Balaban J connectivity index is 1.88. The van der Waals surface area contributed by atoms with Crippen molar-refractivity contribution in [3.8, 4) is 0 Å². The quantitative estimate of drug-likeness (QED) is 0.720. The number of sulfonamides is 1. The molecule has 0 radical (unpaired) electrons. The summed E-state index contributed by atoms with van der Waals surface area (Å²) in [6.45, 7) is 1.72. The van der Waals surface area contributed by atoms with Gasteiger partial charge < -0.3 is 10.1 Å². The average Bonchev–Trinajstić information content (AvgIpc) is 2.99. The standard InChI is InChI=1S/C19H22N2O5S2/c1-11-10-12(8-9-14(11)21-28(3,24)25)17(22)20-18-16(19(23)26-2)13-6-4-5-7-15(13)27-18/h8-10,21H,4-7H2,1-3H3,(H,20,22). The number of ether oxygens (including phenoxy) is 1. The Kier molecular flexibility index (Phi) is 5.76. The molecule has 1 aliphatic carbocycles. The van der Waals surface area contributed by atoms with Crippen molar-refractivity contribution in [1.82, 2.24) is 0 Å². The molecule has 0 bridgehead atoms. The molecule has 0 saturated heterocycles. The molecule has 0 aliphatic heterocycles. The van der Waals surface area contributed by atoms with Gasteiger partial charge in [-0.3, -0.25) is 9.52 Å². The molecule has 0 saturated carbocycles. The van der Waals surface area contributed by atoms with Crippen LogP contribution in [0.1, 0.15) is 49.6 Å². The van der Waals surface area contributed by atoms with E-state index in [2.05, 4.69) is 10.0 Å². The Labute approximate surface area is 168 Å². The zero-order valence-corrected chi connectivity index (χ0v) is 17.6. The molecule has 2 N–H and O–H groups in total. The summed E-state index contributed by atoms with van der Waals surface area (Å²) in [5.41, 5.74) is 2.83. The van der Waals surface area contributed by atoms with Crippen molar-refractivity contribution in [1.29, 1.82) is 0 Å². The van der Waals surface area contributed by atoms with Crippen LogP contribution >= 0.6 is 11.3 Å². The minimum absolute atomic E-state index is 0.363. The summed E-state index contributed by atoms with van der Waals surface area (Å²) in [5, 5.41) is 3.33. The molecule has 1 aliphatic rings. The molecule has 1 aromatic heterocycles. The zero-order chi connectivity index (χ0) is 20.5. The molecular weight excluding hydrogens is 400 g/mol. The van der Waals surface area contributed by atoms with Crippen LogP contribution in [0.15, 0.2) is 18.2 Å². The van der Waals surface area contributed by atoms with Crippen molar-refractivity contribution in [2.45, 2.75) is 32.6 Å². The number of thiophene rings is 1. The maximum atomic E-state index is 12.7. The minimum Gasteiger partial charge on any atom is -0.465 e. The predicted octanol–water partition coefficient (Wildman–Crippen LogP) is 3.35. The molecular formula is C19H22N2O5S2. The number of amides is 1. The van der Waals surface area contributed by atoms with Crippen molar-refractivity contribution in [3.63, 3.8) is 0 Å². The smallest absolute Gasteiger partial charge is 0.341 e. The second kappa shape index (κ2) is 7.92. The van der Waals surface area contributed by atoms with Crippen LogP contribution in [0.5, 0.6) is 0 Å². The van der Waals surface area contributed by atoms with E-state index in [1.54, 1.807) is 25.1 Å². The van der Waals surface area contributed by atoms with Gasteiger partial charge in [0.2, 0.25) is 10.0 Å². The number of benzene rings is 1. The molecule has 28 heavy (non-hydrogen) atoms. The number of carbonyl (C=O) groups is 2. The van der Waals surface area contributed by atoms with Crippen molar-refractivity contribution in [2.75, 3.05) is 23.4 Å². The van der Waals surface area contributed by atoms with Crippen LogP contribution in [0.2, 0.25) is 0 Å². The van der Waals surface area contributed by atoms with Crippen LogP contribution in [0, 0.1) is 6.92 Å². The van der Waals surface area contributed by atoms with Crippen LogP contribution in [0.25, 0.3) is 0 Å². The number of methoxy groups -OCH3 is 1. The van der Waals surface area contributed by atoms with Gasteiger partial charge in [0.05, 0.1) is 24.6 Å². The summed E-state index contributed by atoms with van der Waals surface area (Å²) in [6.07, 6.45) is 4.84. The van der Waals surface area contributed by atoms with Gasteiger partial charge in [0, 0.05) is 10.4 Å². The number of fused-ring (bicyclic) bond motifs is 1. The molecule has 0 spiro atoms. The molecule has 7 nitrogen and oxygen atoms in total. The lowest BCUT2D eigenvalue weighted by Crippen LogP contribution is -2.16. The van der Waals surface area contributed by atoms with E-state index in [1.165, 1.54) is 18.4 Å². The van der Waals surface area contributed by atoms with Crippen molar-refractivity contribution in [2.24, 2.45) is 0 Å². The maximum absolute atomic E-state index is 12.7. The zero-order valence-electron chi connectivity index (χ0n) is 15.9. The van der Waals surface area contributed by atoms with E-state index >= 15 is 0 Å². The highest BCUT2D eigenvalue weighted by atomic mass is 32.2. The third-order valence-electron chi connectivity index (χ3n) is 4.57. The number of esters is 1. The van der Waals surface area contributed by atoms with Crippen LogP contribution in [-0.4, -0.2) is 33.7 Å². The number of aryl methyl sites for hydroxylation is 2. The molecule has 0 unspecified atom stereocenters. The van der Waals surface area contributed by atoms with E-state index < -0.39 is 16.0 Å². The fourth-order valence-corrected chi connectivity index (χ4v) is 5.17. The number of carbonyl (C=O) groups excluding carboxylic acids is 2. The van der Waals surface area contributed by atoms with E-state index in [1.807, 2.05) is 0 Å². The Hall–Kier alpha value is -2.39. The largest absolute Gasteiger partial charge is 0.465 e. The minimum atomic E-state index is -3.40. The highest BCUT2D eigenvalue weighted by molar-refractivity contribution is 7.92. The van der Waals surface area contributed by atoms with E-state index in [-0.39, 0.29) is 5.91 Å². The molecule has 3 rings (SSSR count). The number of hydrogen-bond donors (Lipinski definition) is 2. The van der Waals surface area contributed by atoms with Gasteiger partial charge in [-0.25, -0.2) is 13.2 Å². The first-order valence-electron chi connectivity index (χ1n) is 8.82. The molecule has 1 heterocycles. The van der Waals surface area contributed by atoms with Crippen molar-refractivity contribution in [3.05, 3.63) is 45.3 Å². The molecule has 2 aromatic rings. The van der Waals surface area contributed by atoms with Crippen molar-refractivity contribution < 1.29 is 22.7 Å². The lowest BCUT2D eigenvalue weighted by Gasteiger charge is -2.12. The Morgan fingerprint density at radius 2 is 1.89 bits per heavy atom. The van der Waals surface area contributed by atoms with Crippen LogP contribution in [-0.2, 0) is 27.6 Å². The third kappa shape index (κ3) is 4.36. The highest BCUT2D eigenvalue weighted by Gasteiger charge is 2.27. The molecule has 150 valence electrons. The van der Waals surface area contributed by atoms with Crippen LogP contribution in [0.3, 0.4) is 0 Å². The number of nitrogens with one attached hydrogen (secondary N) is 2. The molecule has 1 amide bonds. The number of rotatable bonds is 5. The van der Waals surface area contributed by atoms with Gasteiger partial charge in [-0.05, 0) is 61.9 Å². The lowest BCUT2D eigenvalue weighted by molar-refractivity contribution is 0.0601. The second-order valence-corrected chi connectivity index (χ2v) is 9.62. The summed E-state index contributed by atoms with van der Waals surface area (Å²) >= 11 is 1.42. The van der Waals surface area contributed by atoms with Crippen LogP contribution in [0.4, 0.5) is 10.7 Å². The lowest BCUT2D eigenvalue weighted by atomic mass is 9.95. The molecule has 1 aromatic carbocycles. The summed E-state index contributed by atoms with van der Waals surface area (Å²) < 4.78 is 30.1. The van der Waals surface area contributed by atoms with E-state index in [4.69, 9.17) is 4.74 Å². The Morgan fingerprint density at radius 3 is 2.54 bits per heavy atom. The topological polar surface area (TPSA) is 102 Å². The first-order chi connectivity index (χ1) is 13.2. The van der Waals surface area contributed by atoms with Crippen LogP contribution < -0.4 is 10.0 Å². The fourth-order valence-electron chi connectivity index (χ4n) is 3.27. The monoisotopic (exact) mass is 422 g/mol. The van der Waals surface area contributed by atoms with Gasteiger partial charge in [-0.15, -0.1) is 11.3 Å². The normalized spacial score (nSPS) is 13.5. The van der Waals surface area contributed by atoms with Gasteiger partial charge >= 0.3 is 5.97 Å². The van der Waals surface area contributed by atoms with E-state index in [0.717, 1.165) is 42.4 Å². The summed E-state index contributed by atoms with van der Waals surface area (Å²) in [4.78, 5) is 26.1. The average molecular weight is 423 g/mol. The predicted molar refractivity (Wildman–Crippen MR) is 110 cm³/mol. The Morgan fingerprint density at radius 1 is 1.18 bits per heavy atom. The summed E-state index contributed by atoms with van der Waals surface area (Å²) in [7, 11) is -2.07. The summed E-state index contributed by atoms with van der Waals surface area (Å²) in [6, 6.07) is 4.70. The number of hydrogen-bond acceptors (Lipinski definition) is 6. The molecule has 0 fully saturated rings. The van der Waals surface area contributed by atoms with E-state index in [9.17, 15) is 18.0 Å². The van der Waals surface area contributed by atoms with E-state index in [0.29, 0.717) is 27.4 Å². The van der Waals surface area contributed by atoms with Gasteiger partial charge in [-0.2, -0.15) is 0 Å². The van der Waals surface area contributed by atoms with Crippen molar-refractivity contribution >= 4 is 43.9 Å². The molecule has 0 atom stereocenters. The van der Waals surface area contributed by atoms with Gasteiger partial charge in [0.15, 0.2) is 0 Å². The fraction of sp³-hybridized carbons (Fsp3) is 0.368. The van der Waals surface area contributed by atoms with Gasteiger partial charge in [0.1, 0.15) is 5.00 Å². The third-order valence-corrected chi connectivity index (χ3v) is 6.37. The summed E-state index contributed by atoms with van der Waals surface area (Å²) in [5.74, 6) is -0.809.